The molecule has 0 bridgehead atoms. The number of ether oxygens (including phenoxy) is 2. The third kappa shape index (κ3) is 5.93. The Kier molecular flexibility index (Phi) is 8.31. The molecule has 0 fully saturated rings. The normalized spacial score (nSPS) is 14.0. The first-order chi connectivity index (χ1) is 9.71. The van der Waals surface area contributed by atoms with E-state index in [-0.39, 0.29) is 0 Å². The molecule has 114 valence electrons. The highest BCUT2D eigenvalue weighted by Crippen LogP contribution is 2.21. The molecule has 0 saturated heterocycles. The molecular weight excluding hydrogens is 250 g/mol. The van der Waals surface area contributed by atoms with E-state index in [4.69, 9.17) is 9.47 Å². The molecule has 0 aliphatic rings. The molecule has 3 nitrogen and oxygen atoms in total. The van der Waals surface area contributed by atoms with Crippen LogP contribution in [0.2, 0.25) is 0 Å². The van der Waals surface area contributed by atoms with E-state index >= 15 is 0 Å². The Hall–Kier alpha value is -1.06. The summed E-state index contributed by atoms with van der Waals surface area (Å²) in [5.74, 6) is 2.21. The average molecular weight is 279 g/mol. The smallest absolute Gasteiger partial charge is 0.118 e. The van der Waals surface area contributed by atoms with Gasteiger partial charge in [-0.15, -0.1) is 0 Å². The first kappa shape index (κ1) is 17.0. The fourth-order valence-electron chi connectivity index (χ4n) is 2.41. The number of rotatable bonds is 10. The minimum absolute atomic E-state index is 0.637. The largest absolute Gasteiger partial charge is 0.497 e. The number of benzene rings is 1. The molecule has 0 saturated carbocycles. The van der Waals surface area contributed by atoms with Gasteiger partial charge in [0, 0.05) is 13.7 Å². The third-order valence-electron chi connectivity index (χ3n) is 3.90. The minimum atomic E-state index is 0.637. The molecule has 0 aliphatic carbocycles. The van der Waals surface area contributed by atoms with Crippen molar-refractivity contribution in [2.75, 3.05) is 33.9 Å². The zero-order valence-corrected chi connectivity index (χ0v) is 13.3. The van der Waals surface area contributed by atoms with Gasteiger partial charge in [-0.25, -0.2) is 0 Å². The lowest BCUT2D eigenvalue weighted by molar-refractivity contribution is 0.164. The topological polar surface area (TPSA) is 30.5 Å². The second-order valence-electron chi connectivity index (χ2n) is 5.38. The van der Waals surface area contributed by atoms with Crippen LogP contribution in [0.3, 0.4) is 0 Å². The van der Waals surface area contributed by atoms with Gasteiger partial charge in [0.25, 0.3) is 0 Å². The summed E-state index contributed by atoms with van der Waals surface area (Å²) < 4.78 is 10.4. The Morgan fingerprint density at radius 3 is 2.40 bits per heavy atom. The van der Waals surface area contributed by atoms with E-state index < -0.39 is 0 Å². The van der Waals surface area contributed by atoms with Crippen LogP contribution < -0.4 is 10.1 Å². The summed E-state index contributed by atoms with van der Waals surface area (Å²) in [6, 6.07) is 8.42. The van der Waals surface area contributed by atoms with Crippen molar-refractivity contribution < 1.29 is 9.47 Å². The Labute approximate surface area is 123 Å². The summed E-state index contributed by atoms with van der Waals surface area (Å²) >= 11 is 0. The second-order valence-corrected chi connectivity index (χ2v) is 5.38. The molecule has 0 heterocycles. The summed E-state index contributed by atoms with van der Waals surface area (Å²) in [5.41, 5.74) is 1.37. The summed E-state index contributed by atoms with van der Waals surface area (Å²) in [6.45, 7) is 7.41. The molecule has 3 heteroatoms. The first-order valence-corrected chi connectivity index (χ1v) is 7.53. The van der Waals surface area contributed by atoms with E-state index in [0.29, 0.717) is 11.8 Å². The van der Waals surface area contributed by atoms with Gasteiger partial charge in [0.1, 0.15) is 5.75 Å². The van der Waals surface area contributed by atoms with Gasteiger partial charge >= 0.3 is 0 Å². The zero-order chi connectivity index (χ0) is 14.8. The van der Waals surface area contributed by atoms with Crippen LogP contribution in [0.5, 0.6) is 5.75 Å². The quantitative estimate of drug-likeness (QED) is 0.714. The van der Waals surface area contributed by atoms with Gasteiger partial charge in [0.15, 0.2) is 0 Å². The van der Waals surface area contributed by atoms with Gasteiger partial charge in [-0.1, -0.05) is 26.0 Å². The lowest BCUT2D eigenvalue weighted by atomic mass is 9.86. The van der Waals surface area contributed by atoms with Gasteiger partial charge in [-0.3, -0.25) is 0 Å². The number of hydrogen-bond donors (Lipinski definition) is 1. The highest BCUT2D eigenvalue weighted by atomic mass is 16.5. The fourth-order valence-corrected chi connectivity index (χ4v) is 2.41. The van der Waals surface area contributed by atoms with Gasteiger partial charge in [0.2, 0.25) is 0 Å². The molecule has 1 rings (SSSR count). The lowest BCUT2D eigenvalue weighted by Crippen LogP contribution is -2.29. The standard InChI is InChI=1S/C17H29NO2/c1-5-18-13-16(14(2)10-11-19-3)12-15-6-8-17(20-4)9-7-15/h6-9,14,16,18H,5,10-13H2,1-4H3. The van der Waals surface area contributed by atoms with E-state index in [2.05, 4.69) is 31.3 Å². The van der Waals surface area contributed by atoms with Crippen LogP contribution in [0.4, 0.5) is 0 Å². The Balaban J connectivity index is 2.61. The monoisotopic (exact) mass is 279 g/mol. The molecule has 0 spiro atoms. The van der Waals surface area contributed by atoms with E-state index in [1.165, 1.54) is 5.56 Å². The maximum Gasteiger partial charge on any atom is 0.118 e. The van der Waals surface area contributed by atoms with E-state index in [1.807, 2.05) is 12.1 Å². The predicted octanol–water partition coefficient (Wildman–Crippen LogP) is 3.14. The van der Waals surface area contributed by atoms with Crippen LogP contribution in [-0.4, -0.2) is 33.9 Å². The second kappa shape index (κ2) is 9.78. The van der Waals surface area contributed by atoms with Crippen LogP contribution in [0.15, 0.2) is 24.3 Å². The van der Waals surface area contributed by atoms with Crippen molar-refractivity contribution >= 4 is 0 Å². The van der Waals surface area contributed by atoms with Crippen LogP contribution >= 0.6 is 0 Å². The molecule has 1 aromatic carbocycles. The van der Waals surface area contributed by atoms with E-state index in [1.54, 1.807) is 14.2 Å². The predicted molar refractivity (Wildman–Crippen MR) is 84.4 cm³/mol. The van der Waals surface area contributed by atoms with Crippen LogP contribution in [0.1, 0.15) is 25.8 Å². The Morgan fingerprint density at radius 2 is 1.85 bits per heavy atom. The van der Waals surface area contributed by atoms with Gasteiger partial charge in [0.05, 0.1) is 7.11 Å². The molecule has 20 heavy (non-hydrogen) atoms. The number of methoxy groups -OCH3 is 2. The maximum absolute atomic E-state index is 5.21. The molecular formula is C17H29NO2. The Morgan fingerprint density at radius 1 is 1.15 bits per heavy atom. The summed E-state index contributed by atoms with van der Waals surface area (Å²) in [6.07, 6.45) is 2.21. The Bertz CT molecular complexity index is 351. The highest BCUT2D eigenvalue weighted by molar-refractivity contribution is 5.27. The van der Waals surface area contributed by atoms with Crippen molar-refractivity contribution in [3.05, 3.63) is 29.8 Å². The van der Waals surface area contributed by atoms with Crippen molar-refractivity contribution in [1.82, 2.24) is 5.32 Å². The molecule has 1 aromatic rings. The molecule has 1 N–H and O–H groups in total. The summed E-state index contributed by atoms with van der Waals surface area (Å²) in [4.78, 5) is 0. The molecule has 0 amide bonds. The van der Waals surface area contributed by atoms with Crippen molar-refractivity contribution in [2.45, 2.75) is 26.7 Å². The van der Waals surface area contributed by atoms with E-state index in [9.17, 15) is 0 Å². The van der Waals surface area contributed by atoms with Gasteiger partial charge in [-0.2, -0.15) is 0 Å². The molecule has 0 aromatic heterocycles. The summed E-state index contributed by atoms with van der Waals surface area (Å²) in [7, 11) is 3.48. The van der Waals surface area contributed by atoms with Crippen LogP contribution in [0, 0.1) is 11.8 Å². The molecule has 0 aliphatic heterocycles. The first-order valence-electron chi connectivity index (χ1n) is 7.53. The zero-order valence-electron chi connectivity index (χ0n) is 13.3. The third-order valence-corrected chi connectivity index (χ3v) is 3.90. The van der Waals surface area contributed by atoms with Crippen molar-refractivity contribution in [2.24, 2.45) is 11.8 Å². The fraction of sp³-hybridized carbons (Fsp3) is 0.647. The summed E-state index contributed by atoms with van der Waals surface area (Å²) in [5, 5.41) is 3.48. The SMILES string of the molecule is CCNCC(Cc1ccc(OC)cc1)C(C)CCOC. The number of hydrogen-bond acceptors (Lipinski definition) is 3. The number of nitrogens with one attached hydrogen (secondary N) is 1. The van der Waals surface area contributed by atoms with Crippen LogP contribution in [0.25, 0.3) is 0 Å². The molecule has 2 unspecified atom stereocenters. The van der Waals surface area contributed by atoms with Crippen molar-refractivity contribution in [3.8, 4) is 5.75 Å². The van der Waals surface area contributed by atoms with Crippen LogP contribution in [-0.2, 0) is 11.2 Å². The van der Waals surface area contributed by atoms with Crippen molar-refractivity contribution in [3.63, 3.8) is 0 Å². The maximum atomic E-state index is 5.21. The lowest BCUT2D eigenvalue weighted by Gasteiger charge is -2.24. The average Bonchev–Trinajstić information content (AvgIpc) is 2.49. The minimum Gasteiger partial charge on any atom is -0.497 e. The van der Waals surface area contributed by atoms with Crippen molar-refractivity contribution in [1.29, 1.82) is 0 Å². The van der Waals surface area contributed by atoms with Gasteiger partial charge in [-0.05, 0) is 55.5 Å². The van der Waals surface area contributed by atoms with E-state index in [0.717, 1.165) is 38.3 Å². The van der Waals surface area contributed by atoms with Gasteiger partial charge < -0.3 is 14.8 Å². The molecule has 0 radical (unpaired) electrons. The highest BCUT2D eigenvalue weighted by Gasteiger charge is 2.17. The molecule has 2 atom stereocenters.